The number of thiazole rings is 1. The van der Waals surface area contributed by atoms with Gasteiger partial charge >= 0.3 is 0 Å². The molecular weight excluding hydrogens is 256 g/mol. The van der Waals surface area contributed by atoms with E-state index in [4.69, 9.17) is 10.5 Å². The normalized spacial score (nSPS) is 10.8. The summed E-state index contributed by atoms with van der Waals surface area (Å²) in [5.41, 5.74) is 8.75. The molecule has 96 valence electrons. The smallest absolute Gasteiger partial charge is 0.142 e. The van der Waals surface area contributed by atoms with Gasteiger partial charge < -0.3 is 10.5 Å². The van der Waals surface area contributed by atoms with Crippen molar-refractivity contribution in [1.82, 2.24) is 4.98 Å². The Bertz CT molecular complexity index is 721. The number of fused-ring (bicyclic) bond motifs is 1. The molecule has 0 saturated carbocycles. The first kappa shape index (κ1) is 12.0. The van der Waals surface area contributed by atoms with E-state index in [0.29, 0.717) is 18.0 Å². The molecule has 0 aliphatic rings. The lowest BCUT2D eigenvalue weighted by molar-refractivity contribution is 0.307. The second kappa shape index (κ2) is 4.90. The molecule has 0 aliphatic heterocycles. The number of nitrogens with zero attached hydrogens (tertiary/aromatic N) is 1. The van der Waals surface area contributed by atoms with Crippen LogP contribution in [0.2, 0.25) is 0 Å². The number of aryl methyl sites for hydroxylation is 1. The third-order valence-corrected chi connectivity index (χ3v) is 3.93. The molecule has 3 aromatic rings. The van der Waals surface area contributed by atoms with Gasteiger partial charge in [-0.25, -0.2) is 4.98 Å². The molecular formula is C15H14N2OS. The second-order valence-electron chi connectivity index (χ2n) is 4.36. The molecule has 0 spiro atoms. The van der Waals surface area contributed by atoms with Gasteiger partial charge in [-0.3, -0.25) is 0 Å². The SMILES string of the molecule is Cc1cccc2sc(COc3ccccc3N)nc12. The Balaban J connectivity index is 1.83. The molecule has 0 unspecified atom stereocenters. The van der Waals surface area contributed by atoms with E-state index in [2.05, 4.69) is 30.1 Å². The average molecular weight is 270 g/mol. The Morgan fingerprint density at radius 2 is 2.00 bits per heavy atom. The van der Waals surface area contributed by atoms with Crippen LogP contribution in [0.3, 0.4) is 0 Å². The standard InChI is InChI=1S/C15H14N2OS/c1-10-5-4-8-13-15(10)17-14(19-13)9-18-12-7-3-2-6-11(12)16/h2-8H,9,16H2,1H3. The van der Waals surface area contributed by atoms with Crippen molar-refractivity contribution in [2.24, 2.45) is 0 Å². The Morgan fingerprint density at radius 1 is 1.16 bits per heavy atom. The Kier molecular flexibility index (Phi) is 3.09. The Labute approximate surface area is 115 Å². The molecule has 0 aliphatic carbocycles. The molecule has 0 bridgehead atoms. The van der Waals surface area contributed by atoms with Crippen LogP contribution in [0.4, 0.5) is 5.69 Å². The van der Waals surface area contributed by atoms with Gasteiger partial charge in [0.15, 0.2) is 0 Å². The van der Waals surface area contributed by atoms with Crippen LogP contribution >= 0.6 is 11.3 Å². The summed E-state index contributed by atoms with van der Waals surface area (Å²) in [6.07, 6.45) is 0. The van der Waals surface area contributed by atoms with Crippen LogP contribution in [0.5, 0.6) is 5.75 Å². The summed E-state index contributed by atoms with van der Waals surface area (Å²) in [6.45, 7) is 2.52. The first-order valence-corrected chi connectivity index (χ1v) is 6.88. The van der Waals surface area contributed by atoms with E-state index in [9.17, 15) is 0 Å². The lowest BCUT2D eigenvalue weighted by Gasteiger charge is -2.06. The maximum Gasteiger partial charge on any atom is 0.142 e. The van der Waals surface area contributed by atoms with Gasteiger partial charge in [0.25, 0.3) is 0 Å². The van der Waals surface area contributed by atoms with Crippen LogP contribution in [0.25, 0.3) is 10.2 Å². The van der Waals surface area contributed by atoms with Crippen LogP contribution in [-0.4, -0.2) is 4.98 Å². The molecule has 0 atom stereocenters. The maximum absolute atomic E-state index is 5.84. The average Bonchev–Trinajstić information content (AvgIpc) is 2.82. The highest BCUT2D eigenvalue weighted by Gasteiger charge is 2.07. The largest absolute Gasteiger partial charge is 0.484 e. The summed E-state index contributed by atoms with van der Waals surface area (Å²) in [6, 6.07) is 13.7. The molecule has 3 nitrogen and oxygen atoms in total. The van der Waals surface area contributed by atoms with Crippen LogP contribution in [-0.2, 0) is 6.61 Å². The number of aromatic nitrogens is 1. The number of hydrogen-bond donors (Lipinski definition) is 1. The third-order valence-electron chi connectivity index (χ3n) is 2.94. The van der Waals surface area contributed by atoms with Gasteiger partial charge in [0.2, 0.25) is 0 Å². The number of ether oxygens (including phenoxy) is 1. The first-order chi connectivity index (χ1) is 9.24. The van der Waals surface area contributed by atoms with Crippen molar-refractivity contribution >= 4 is 27.2 Å². The van der Waals surface area contributed by atoms with E-state index in [1.165, 1.54) is 10.3 Å². The van der Waals surface area contributed by atoms with E-state index in [0.717, 1.165) is 10.5 Å². The Hall–Kier alpha value is -2.07. The fourth-order valence-corrected chi connectivity index (χ4v) is 2.90. The fraction of sp³-hybridized carbons (Fsp3) is 0.133. The zero-order valence-corrected chi connectivity index (χ0v) is 11.4. The number of benzene rings is 2. The van der Waals surface area contributed by atoms with Crippen LogP contribution in [0.15, 0.2) is 42.5 Å². The summed E-state index contributed by atoms with van der Waals surface area (Å²) in [5.74, 6) is 0.707. The van der Waals surface area contributed by atoms with Gasteiger partial charge in [-0.2, -0.15) is 0 Å². The van der Waals surface area contributed by atoms with Gasteiger partial charge in [0.05, 0.1) is 15.9 Å². The molecule has 4 heteroatoms. The molecule has 1 aromatic heterocycles. The van der Waals surface area contributed by atoms with E-state index in [1.807, 2.05) is 24.3 Å². The van der Waals surface area contributed by atoms with E-state index < -0.39 is 0 Å². The number of para-hydroxylation sites is 3. The van der Waals surface area contributed by atoms with Crippen molar-refractivity contribution in [2.45, 2.75) is 13.5 Å². The Morgan fingerprint density at radius 3 is 2.79 bits per heavy atom. The molecule has 1 heterocycles. The summed E-state index contributed by atoms with van der Waals surface area (Å²) in [4.78, 5) is 4.61. The van der Waals surface area contributed by atoms with Crippen LogP contribution in [0, 0.1) is 6.92 Å². The highest BCUT2D eigenvalue weighted by Crippen LogP contribution is 2.26. The first-order valence-electron chi connectivity index (χ1n) is 6.06. The monoisotopic (exact) mass is 270 g/mol. The number of anilines is 1. The van der Waals surface area contributed by atoms with Crippen LogP contribution < -0.4 is 10.5 Å². The lowest BCUT2D eigenvalue weighted by atomic mass is 10.2. The zero-order chi connectivity index (χ0) is 13.2. The number of nitrogen functional groups attached to an aromatic ring is 1. The third kappa shape index (κ3) is 2.39. The summed E-state index contributed by atoms with van der Waals surface area (Å²) in [5, 5.41) is 0.965. The topological polar surface area (TPSA) is 48.1 Å². The highest BCUT2D eigenvalue weighted by atomic mass is 32.1. The van der Waals surface area contributed by atoms with Crippen molar-refractivity contribution in [2.75, 3.05) is 5.73 Å². The lowest BCUT2D eigenvalue weighted by Crippen LogP contribution is -1.97. The minimum absolute atomic E-state index is 0.451. The van der Waals surface area contributed by atoms with Gasteiger partial charge in [-0.05, 0) is 30.7 Å². The molecule has 19 heavy (non-hydrogen) atoms. The van der Waals surface area contributed by atoms with Crippen molar-refractivity contribution in [1.29, 1.82) is 0 Å². The molecule has 0 radical (unpaired) electrons. The summed E-state index contributed by atoms with van der Waals surface area (Å²) in [7, 11) is 0. The van der Waals surface area contributed by atoms with E-state index >= 15 is 0 Å². The maximum atomic E-state index is 5.84. The number of rotatable bonds is 3. The van der Waals surface area contributed by atoms with E-state index in [-0.39, 0.29) is 0 Å². The van der Waals surface area contributed by atoms with E-state index in [1.54, 1.807) is 11.3 Å². The van der Waals surface area contributed by atoms with Gasteiger partial charge in [-0.15, -0.1) is 11.3 Å². The number of nitrogens with two attached hydrogens (primary N) is 1. The summed E-state index contributed by atoms with van der Waals surface area (Å²) >= 11 is 1.66. The van der Waals surface area contributed by atoms with Gasteiger partial charge in [0, 0.05) is 0 Å². The van der Waals surface area contributed by atoms with Crippen molar-refractivity contribution in [3.8, 4) is 5.75 Å². The van der Waals surface area contributed by atoms with Gasteiger partial charge in [-0.1, -0.05) is 24.3 Å². The quantitative estimate of drug-likeness (QED) is 0.737. The predicted octanol–water partition coefficient (Wildman–Crippen LogP) is 3.77. The minimum atomic E-state index is 0.451. The zero-order valence-electron chi connectivity index (χ0n) is 10.6. The minimum Gasteiger partial charge on any atom is -0.484 e. The second-order valence-corrected chi connectivity index (χ2v) is 5.47. The molecule has 3 rings (SSSR count). The molecule has 2 aromatic carbocycles. The molecule has 0 amide bonds. The van der Waals surface area contributed by atoms with Crippen LogP contribution in [0.1, 0.15) is 10.6 Å². The van der Waals surface area contributed by atoms with Crippen molar-refractivity contribution in [3.63, 3.8) is 0 Å². The predicted molar refractivity (Wildman–Crippen MR) is 79.5 cm³/mol. The molecule has 0 fully saturated rings. The van der Waals surface area contributed by atoms with Gasteiger partial charge in [0.1, 0.15) is 17.4 Å². The van der Waals surface area contributed by atoms with Crippen molar-refractivity contribution < 1.29 is 4.74 Å². The highest BCUT2D eigenvalue weighted by molar-refractivity contribution is 7.18. The molecule has 2 N–H and O–H groups in total. The fourth-order valence-electron chi connectivity index (χ4n) is 1.95. The number of hydrogen-bond acceptors (Lipinski definition) is 4. The van der Waals surface area contributed by atoms with Crippen molar-refractivity contribution in [3.05, 3.63) is 53.0 Å². The summed E-state index contributed by atoms with van der Waals surface area (Å²) < 4.78 is 6.91. The molecule has 0 saturated heterocycles.